The summed E-state index contributed by atoms with van der Waals surface area (Å²) in [6.45, 7) is 5.65. The molecule has 1 saturated heterocycles. The third-order valence-corrected chi connectivity index (χ3v) is 5.75. The summed E-state index contributed by atoms with van der Waals surface area (Å²) in [6, 6.07) is 7.67. The Kier molecular flexibility index (Phi) is 6.75. The number of hydrogen-bond donors (Lipinski definition) is 3. The van der Waals surface area contributed by atoms with Crippen molar-refractivity contribution >= 4 is 17.6 Å². The quantitative estimate of drug-likeness (QED) is 0.638. The molecule has 1 heterocycles. The van der Waals surface area contributed by atoms with E-state index in [1.807, 2.05) is 0 Å². The van der Waals surface area contributed by atoms with E-state index in [-0.39, 0.29) is 5.54 Å². The number of nitrogens with zero attached hydrogens (tertiary/aromatic N) is 1. The van der Waals surface area contributed by atoms with E-state index in [9.17, 15) is 0 Å². The van der Waals surface area contributed by atoms with Crippen LogP contribution in [-0.2, 0) is 9.59 Å². The maximum absolute atomic E-state index is 9.10. The lowest BCUT2D eigenvalue weighted by atomic mass is 9.83. The Morgan fingerprint density at radius 2 is 1.73 bits per heavy atom. The van der Waals surface area contributed by atoms with Gasteiger partial charge in [-0.05, 0) is 51.7 Å². The normalized spacial score (nSPS) is 24.7. The summed E-state index contributed by atoms with van der Waals surface area (Å²) in [4.78, 5) is 20.8. The first-order chi connectivity index (χ1) is 14.2. The summed E-state index contributed by atoms with van der Waals surface area (Å²) in [5.74, 6) is -1.90. The molecule has 166 valence electrons. The molecule has 8 nitrogen and oxygen atoms in total. The highest BCUT2D eigenvalue weighted by Crippen LogP contribution is 2.39. The Bertz CT molecular complexity index is 765. The Balaban J connectivity index is 0.000000377. The number of anilines is 1. The Morgan fingerprint density at radius 3 is 2.33 bits per heavy atom. The number of hydrogen-bond acceptors (Lipinski definition) is 6. The minimum atomic E-state index is -1.82. The predicted octanol–water partition coefficient (Wildman–Crippen LogP) is 2.89. The number of ether oxygens (including phenoxy) is 2. The summed E-state index contributed by atoms with van der Waals surface area (Å²) in [5, 5.41) is 18.7. The smallest absolute Gasteiger partial charge is 0.414 e. The molecule has 8 heteroatoms. The van der Waals surface area contributed by atoms with Gasteiger partial charge in [0.25, 0.3) is 0 Å². The number of benzene rings is 1. The van der Waals surface area contributed by atoms with Gasteiger partial charge in [0.05, 0.1) is 13.2 Å². The highest BCUT2D eigenvalue weighted by Gasteiger charge is 2.40. The van der Waals surface area contributed by atoms with Crippen molar-refractivity contribution in [3.8, 4) is 11.5 Å². The number of aliphatic carboxylic acids is 2. The molecule has 2 aliphatic carbocycles. The number of nitrogens with one attached hydrogen (secondary N) is 1. The molecule has 2 atom stereocenters. The van der Waals surface area contributed by atoms with Crippen LogP contribution in [0.4, 0.5) is 5.69 Å². The van der Waals surface area contributed by atoms with Gasteiger partial charge < -0.3 is 29.9 Å². The summed E-state index contributed by atoms with van der Waals surface area (Å²) in [7, 11) is 1.74. The van der Waals surface area contributed by atoms with Crippen molar-refractivity contribution in [1.82, 2.24) is 5.32 Å². The summed E-state index contributed by atoms with van der Waals surface area (Å²) < 4.78 is 11.6. The highest BCUT2D eigenvalue weighted by molar-refractivity contribution is 6.27. The molecule has 3 aliphatic rings. The zero-order chi connectivity index (χ0) is 21.9. The zero-order valence-electron chi connectivity index (χ0n) is 17.9. The molecule has 3 N–H and O–H groups in total. The second-order valence-electron chi connectivity index (χ2n) is 8.88. The van der Waals surface area contributed by atoms with E-state index in [1.54, 1.807) is 7.11 Å². The van der Waals surface area contributed by atoms with Gasteiger partial charge in [0.1, 0.15) is 0 Å². The van der Waals surface area contributed by atoms with Crippen LogP contribution in [0.1, 0.15) is 52.4 Å². The van der Waals surface area contributed by atoms with Crippen LogP contribution in [0.5, 0.6) is 11.5 Å². The lowest BCUT2D eigenvalue weighted by Gasteiger charge is -2.52. The van der Waals surface area contributed by atoms with Gasteiger partial charge in [-0.15, -0.1) is 0 Å². The standard InChI is InChI=1S/C20H30N2O2.C2H2O4/c1-20(2)13-22(17-7-5-4-6-16(17)21-20)14-8-11-18(19(12-14)23-3)24-15-9-10-15;3-1(4)2(5)6/h8,11-12,15-17,21H,4-7,9-10,13H2,1-3H3;(H,3,4)(H,5,6)/t16-,17-;/m1./s1. The van der Waals surface area contributed by atoms with Gasteiger partial charge in [-0.2, -0.15) is 0 Å². The van der Waals surface area contributed by atoms with Crippen molar-refractivity contribution in [1.29, 1.82) is 0 Å². The second-order valence-corrected chi connectivity index (χ2v) is 8.88. The summed E-state index contributed by atoms with van der Waals surface area (Å²) in [5.41, 5.74) is 1.40. The molecule has 2 saturated carbocycles. The van der Waals surface area contributed by atoms with Crippen LogP contribution in [0.2, 0.25) is 0 Å². The average molecular weight is 421 g/mol. The monoisotopic (exact) mass is 420 g/mol. The molecule has 0 spiro atoms. The average Bonchev–Trinajstić information content (AvgIpc) is 3.51. The van der Waals surface area contributed by atoms with Gasteiger partial charge >= 0.3 is 11.9 Å². The van der Waals surface area contributed by atoms with Gasteiger partial charge in [0.2, 0.25) is 0 Å². The zero-order valence-corrected chi connectivity index (χ0v) is 17.9. The number of fused-ring (bicyclic) bond motifs is 1. The minimum Gasteiger partial charge on any atom is -0.493 e. The van der Waals surface area contributed by atoms with Crippen molar-refractivity contribution in [2.75, 3.05) is 18.6 Å². The minimum absolute atomic E-state index is 0.134. The van der Waals surface area contributed by atoms with E-state index in [0.717, 1.165) is 18.0 Å². The van der Waals surface area contributed by atoms with Gasteiger partial charge in [0.15, 0.2) is 11.5 Å². The summed E-state index contributed by atoms with van der Waals surface area (Å²) >= 11 is 0. The van der Waals surface area contributed by atoms with Crippen molar-refractivity contribution in [2.45, 2.75) is 76.1 Å². The van der Waals surface area contributed by atoms with Gasteiger partial charge in [0, 0.05) is 35.9 Å². The Morgan fingerprint density at radius 1 is 1.07 bits per heavy atom. The molecule has 0 radical (unpaired) electrons. The van der Waals surface area contributed by atoms with Crippen LogP contribution < -0.4 is 19.7 Å². The third kappa shape index (κ3) is 5.56. The Labute approximate surface area is 177 Å². The first-order valence-corrected chi connectivity index (χ1v) is 10.6. The van der Waals surface area contributed by atoms with Crippen LogP contribution in [0.3, 0.4) is 0 Å². The second kappa shape index (κ2) is 9.12. The first kappa shape index (κ1) is 22.2. The number of rotatable bonds is 4. The van der Waals surface area contributed by atoms with E-state index < -0.39 is 11.9 Å². The SMILES string of the molecule is COc1cc(N2CC(C)(C)N[C@@H]3CCCC[C@H]32)ccc1OC1CC1.O=C(O)C(=O)O. The third-order valence-electron chi connectivity index (χ3n) is 5.75. The molecule has 1 aromatic carbocycles. The molecule has 0 bridgehead atoms. The maximum atomic E-state index is 9.10. The molecular formula is C22H32N2O6. The molecule has 1 aromatic rings. The van der Waals surface area contributed by atoms with Gasteiger partial charge in [-0.3, -0.25) is 0 Å². The van der Waals surface area contributed by atoms with E-state index in [4.69, 9.17) is 29.3 Å². The number of carboxylic acids is 2. The molecule has 0 amide bonds. The lowest BCUT2D eigenvalue weighted by Crippen LogP contribution is -2.67. The number of piperazine rings is 1. The van der Waals surface area contributed by atoms with Crippen molar-refractivity contribution < 1.29 is 29.3 Å². The van der Waals surface area contributed by atoms with Crippen LogP contribution in [-0.4, -0.2) is 59.5 Å². The molecule has 0 aromatic heterocycles. The van der Waals surface area contributed by atoms with Crippen molar-refractivity contribution in [3.05, 3.63) is 18.2 Å². The van der Waals surface area contributed by atoms with Crippen LogP contribution in [0.15, 0.2) is 18.2 Å². The molecule has 1 aliphatic heterocycles. The molecular weight excluding hydrogens is 388 g/mol. The van der Waals surface area contributed by atoms with Crippen LogP contribution >= 0.6 is 0 Å². The molecule has 30 heavy (non-hydrogen) atoms. The fourth-order valence-corrected chi connectivity index (χ4v) is 4.32. The van der Waals surface area contributed by atoms with E-state index in [1.165, 1.54) is 44.2 Å². The summed E-state index contributed by atoms with van der Waals surface area (Å²) in [6.07, 6.45) is 7.96. The fourth-order valence-electron chi connectivity index (χ4n) is 4.32. The molecule has 0 unspecified atom stereocenters. The largest absolute Gasteiger partial charge is 0.493 e. The van der Waals surface area contributed by atoms with Gasteiger partial charge in [-0.1, -0.05) is 12.8 Å². The first-order valence-electron chi connectivity index (χ1n) is 10.6. The van der Waals surface area contributed by atoms with Crippen LogP contribution in [0.25, 0.3) is 0 Å². The molecule has 3 fully saturated rings. The number of carbonyl (C=O) groups is 2. The van der Waals surface area contributed by atoms with Crippen LogP contribution in [0, 0.1) is 0 Å². The number of carboxylic acid groups (broad SMARTS) is 2. The highest BCUT2D eigenvalue weighted by atomic mass is 16.5. The van der Waals surface area contributed by atoms with Gasteiger partial charge in [-0.25, -0.2) is 9.59 Å². The Hall–Kier alpha value is -2.48. The van der Waals surface area contributed by atoms with Crippen molar-refractivity contribution in [3.63, 3.8) is 0 Å². The van der Waals surface area contributed by atoms with E-state index in [2.05, 4.69) is 42.3 Å². The van der Waals surface area contributed by atoms with E-state index >= 15 is 0 Å². The number of methoxy groups -OCH3 is 1. The lowest BCUT2D eigenvalue weighted by molar-refractivity contribution is -0.159. The maximum Gasteiger partial charge on any atom is 0.414 e. The topological polar surface area (TPSA) is 108 Å². The molecule has 4 rings (SSSR count). The predicted molar refractivity (Wildman–Crippen MR) is 113 cm³/mol. The van der Waals surface area contributed by atoms with E-state index in [0.29, 0.717) is 18.2 Å². The van der Waals surface area contributed by atoms with Crippen molar-refractivity contribution in [2.24, 2.45) is 0 Å². The fraction of sp³-hybridized carbons (Fsp3) is 0.636.